The largest absolute Gasteiger partial charge is 0.325 e. The van der Waals surface area contributed by atoms with Crippen molar-refractivity contribution < 1.29 is 4.79 Å². The third kappa shape index (κ3) is 4.79. The van der Waals surface area contributed by atoms with Crippen molar-refractivity contribution in [3.63, 3.8) is 0 Å². The average molecular weight is 461 g/mol. The summed E-state index contributed by atoms with van der Waals surface area (Å²) >= 11 is 3.22. The second kappa shape index (κ2) is 9.30. The van der Waals surface area contributed by atoms with Gasteiger partial charge in [-0.05, 0) is 48.9 Å². The quantitative estimate of drug-likeness (QED) is 0.325. The van der Waals surface area contributed by atoms with Gasteiger partial charge in [-0.25, -0.2) is 0 Å². The Labute approximate surface area is 195 Å². The van der Waals surface area contributed by atoms with Crippen LogP contribution in [0.15, 0.2) is 77.3 Å². The van der Waals surface area contributed by atoms with Crippen molar-refractivity contribution >= 4 is 34.7 Å². The molecule has 32 heavy (non-hydrogen) atoms. The lowest BCUT2D eigenvalue weighted by Gasteiger charge is -2.17. The molecule has 7 heteroatoms. The number of aromatic nitrogens is 3. The van der Waals surface area contributed by atoms with Crippen molar-refractivity contribution in [1.82, 2.24) is 14.8 Å². The molecular weight excluding hydrogens is 436 g/mol. The van der Waals surface area contributed by atoms with E-state index in [4.69, 9.17) is 0 Å². The van der Waals surface area contributed by atoms with E-state index < -0.39 is 5.25 Å². The number of carbonyl (C=O) groups excluding carboxylic acids is 1. The number of anilines is 1. The summed E-state index contributed by atoms with van der Waals surface area (Å²) in [6.45, 7) is 2.03. The summed E-state index contributed by atoms with van der Waals surface area (Å²) in [4.78, 5) is 14.6. The zero-order valence-corrected chi connectivity index (χ0v) is 19.4. The molecule has 5 nitrogen and oxygen atoms in total. The summed E-state index contributed by atoms with van der Waals surface area (Å²) in [5.41, 5.74) is 2.91. The van der Waals surface area contributed by atoms with Crippen LogP contribution in [0.2, 0.25) is 0 Å². The highest BCUT2D eigenvalue weighted by Crippen LogP contribution is 2.43. The second-order valence-corrected chi connectivity index (χ2v) is 10.1. The fourth-order valence-electron chi connectivity index (χ4n) is 3.63. The number of nitrogens with one attached hydrogen (secondary N) is 1. The van der Waals surface area contributed by atoms with Gasteiger partial charge in [0.25, 0.3) is 0 Å². The second-order valence-electron chi connectivity index (χ2n) is 8.02. The maximum Gasteiger partial charge on any atom is 0.242 e. The Hall–Kier alpha value is -2.90. The zero-order chi connectivity index (χ0) is 21.9. The van der Waals surface area contributed by atoms with E-state index in [0.29, 0.717) is 6.04 Å². The predicted molar refractivity (Wildman–Crippen MR) is 130 cm³/mol. The third-order valence-electron chi connectivity index (χ3n) is 5.44. The minimum Gasteiger partial charge on any atom is -0.325 e. The van der Waals surface area contributed by atoms with Gasteiger partial charge in [0.2, 0.25) is 5.91 Å². The molecule has 2 aromatic heterocycles. The van der Waals surface area contributed by atoms with Gasteiger partial charge in [0.05, 0.1) is 0 Å². The number of hydrogen-bond acceptors (Lipinski definition) is 5. The summed E-state index contributed by atoms with van der Waals surface area (Å²) in [6.07, 6.45) is 3.04. The van der Waals surface area contributed by atoms with E-state index in [1.54, 1.807) is 11.3 Å². The number of carbonyl (C=O) groups is 1. The Morgan fingerprint density at radius 1 is 1.09 bits per heavy atom. The van der Waals surface area contributed by atoms with Crippen molar-refractivity contribution in [3.8, 4) is 0 Å². The molecule has 0 spiro atoms. The van der Waals surface area contributed by atoms with Crippen LogP contribution >= 0.6 is 23.1 Å². The number of hydrogen-bond donors (Lipinski definition) is 1. The molecule has 0 aliphatic heterocycles. The first kappa shape index (κ1) is 21.0. The molecule has 1 aliphatic rings. The lowest BCUT2D eigenvalue weighted by molar-refractivity contribution is -0.115. The number of aryl methyl sites for hydroxylation is 1. The normalized spacial score (nSPS) is 14.3. The van der Waals surface area contributed by atoms with E-state index in [0.717, 1.165) is 47.1 Å². The van der Waals surface area contributed by atoms with Gasteiger partial charge in [0.1, 0.15) is 11.1 Å². The smallest absolute Gasteiger partial charge is 0.242 e. The summed E-state index contributed by atoms with van der Waals surface area (Å²) in [6, 6.07) is 22.4. The molecule has 5 rings (SSSR count). The van der Waals surface area contributed by atoms with Crippen LogP contribution in [0.4, 0.5) is 5.69 Å². The molecule has 1 saturated carbocycles. The van der Waals surface area contributed by atoms with Crippen LogP contribution < -0.4 is 5.32 Å². The lowest BCUT2D eigenvalue weighted by atomic mass is 10.1. The first-order valence-electron chi connectivity index (χ1n) is 10.7. The molecule has 1 aliphatic carbocycles. The molecule has 4 aromatic rings. The van der Waals surface area contributed by atoms with Gasteiger partial charge in [0, 0.05) is 23.0 Å². The summed E-state index contributed by atoms with van der Waals surface area (Å²) in [5.74, 6) is 0.915. The minimum atomic E-state index is -0.422. The van der Waals surface area contributed by atoms with E-state index in [9.17, 15) is 4.79 Å². The fourth-order valence-corrected chi connectivity index (χ4v) is 5.46. The molecule has 0 radical (unpaired) electrons. The van der Waals surface area contributed by atoms with Gasteiger partial charge in [-0.3, -0.25) is 4.79 Å². The standard InChI is InChI=1S/C25H24N4OS2/c1-17-9-11-19(12-10-17)26-24(30)23(18-6-3-2-4-7-18)32-25-28-27-22(29(25)20-13-14-20)16-21-8-5-15-31-21/h2-12,15,20,23H,13-14,16H2,1H3,(H,26,30). The first-order valence-corrected chi connectivity index (χ1v) is 12.5. The number of benzene rings is 2. The molecule has 1 unspecified atom stereocenters. The Morgan fingerprint density at radius 2 is 1.88 bits per heavy atom. The molecule has 1 atom stereocenters. The fraction of sp³-hybridized carbons (Fsp3) is 0.240. The Bertz CT molecular complexity index is 1180. The van der Waals surface area contributed by atoms with Gasteiger partial charge in [0.15, 0.2) is 5.16 Å². The minimum absolute atomic E-state index is 0.0600. The van der Waals surface area contributed by atoms with Crippen LogP contribution in [0.25, 0.3) is 0 Å². The van der Waals surface area contributed by atoms with Crippen molar-refractivity contribution in [2.24, 2.45) is 0 Å². The van der Waals surface area contributed by atoms with Crippen LogP contribution in [0.1, 0.15) is 46.0 Å². The molecule has 0 bridgehead atoms. The molecule has 1 N–H and O–H groups in total. The highest BCUT2D eigenvalue weighted by molar-refractivity contribution is 8.00. The average Bonchev–Trinajstić information content (AvgIpc) is 3.36. The zero-order valence-electron chi connectivity index (χ0n) is 17.8. The molecule has 0 saturated heterocycles. The number of thioether (sulfide) groups is 1. The molecule has 162 valence electrons. The van der Waals surface area contributed by atoms with Crippen molar-refractivity contribution in [3.05, 3.63) is 93.9 Å². The lowest BCUT2D eigenvalue weighted by Crippen LogP contribution is -2.19. The maximum absolute atomic E-state index is 13.4. The summed E-state index contributed by atoms with van der Waals surface area (Å²) < 4.78 is 2.25. The molecule has 1 fully saturated rings. The van der Waals surface area contributed by atoms with Crippen LogP contribution in [0, 0.1) is 6.92 Å². The highest BCUT2D eigenvalue weighted by atomic mass is 32.2. The van der Waals surface area contributed by atoms with Gasteiger partial charge in [-0.15, -0.1) is 21.5 Å². The Kier molecular flexibility index (Phi) is 6.10. The van der Waals surface area contributed by atoms with Gasteiger partial charge in [-0.1, -0.05) is 65.9 Å². The monoisotopic (exact) mass is 460 g/mol. The number of rotatable bonds is 8. The van der Waals surface area contributed by atoms with E-state index in [2.05, 4.69) is 37.6 Å². The van der Waals surface area contributed by atoms with Crippen LogP contribution in [-0.2, 0) is 11.2 Å². The van der Waals surface area contributed by atoms with Crippen LogP contribution in [0.5, 0.6) is 0 Å². The van der Waals surface area contributed by atoms with Crippen LogP contribution in [0.3, 0.4) is 0 Å². The van der Waals surface area contributed by atoms with Crippen molar-refractivity contribution in [2.45, 2.75) is 42.6 Å². The number of thiophene rings is 1. The van der Waals surface area contributed by atoms with E-state index >= 15 is 0 Å². The summed E-state index contributed by atoms with van der Waals surface area (Å²) in [7, 11) is 0. The number of amides is 1. The maximum atomic E-state index is 13.4. The Balaban J connectivity index is 1.43. The first-order chi connectivity index (χ1) is 15.7. The molecule has 2 aromatic carbocycles. The SMILES string of the molecule is Cc1ccc(NC(=O)C(Sc2nnc(Cc3cccs3)n2C2CC2)c2ccccc2)cc1. The number of nitrogens with zero attached hydrogens (tertiary/aromatic N) is 3. The topological polar surface area (TPSA) is 59.8 Å². The highest BCUT2D eigenvalue weighted by Gasteiger charge is 2.32. The van der Waals surface area contributed by atoms with Crippen LogP contribution in [-0.4, -0.2) is 20.7 Å². The molecule has 2 heterocycles. The van der Waals surface area contributed by atoms with Crippen molar-refractivity contribution in [2.75, 3.05) is 5.32 Å². The summed E-state index contributed by atoms with van der Waals surface area (Å²) in [5, 5.41) is 14.6. The van der Waals surface area contributed by atoms with Crippen molar-refractivity contribution in [1.29, 1.82) is 0 Å². The van der Waals surface area contributed by atoms with E-state index in [1.165, 1.54) is 16.6 Å². The van der Waals surface area contributed by atoms with E-state index in [1.807, 2.05) is 61.5 Å². The van der Waals surface area contributed by atoms with Gasteiger partial charge in [-0.2, -0.15) is 0 Å². The van der Waals surface area contributed by atoms with Gasteiger partial charge < -0.3 is 9.88 Å². The molecule has 1 amide bonds. The molecular formula is C25H24N4OS2. The van der Waals surface area contributed by atoms with Gasteiger partial charge >= 0.3 is 0 Å². The Morgan fingerprint density at radius 3 is 2.56 bits per heavy atom. The third-order valence-corrected chi connectivity index (χ3v) is 7.53. The predicted octanol–water partition coefficient (Wildman–Crippen LogP) is 6.05. The van der Waals surface area contributed by atoms with E-state index in [-0.39, 0.29) is 5.91 Å².